The van der Waals surface area contributed by atoms with Crippen LogP contribution in [0.3, 0.4) is 0 Å². The van der Waals surface area contributed by atoms with Crippen molar-refractivity contribution in [3.05, 3.63) is 35.9 Å². The number of hydrogen-bond acceptors (Lipinski definition) is 1. The van der Waals surface area contributed by atoms with Crippen molar-refractivity contribution in [2.24, 2.45) is 5.92 Å². The van der Waals surface area contributed by atoms with Crippen LogP contribution in [0.4, 0.5) is 0 Å². The average Bonchev–Trinajstić information content (AvgIpc) is 2.17. The van der Waals surface area contributed by atoms with Crippen LogP contribution in [0, 0.1) is 5.92 Å². The molecule has 0 spiro atoms. The zero-order chi connectivity index (χ0) is 9.90. The molecule has 1 aromatic carbocycles. The van der Waals surface area contributed by atoms with Gasteiger partial charge in [-0.25, -0.2) is 0 Å². The second kappa shape index (κ2) is 4.42. The van der Waals surface area contributed by atoms with E-state index >= 15 is 0 Å². The lowest BCUT2D eigenvalue weighted by atomic mass is 9.99. The number of rotatable bonds is 3. The van der Waals surface area contributed by atoms with Gasteiger partial charge in [0.15, 0.2) is 0 Å². The van der Waals surface area contributed by atoms with Gasteiger partial charge in [0.05, 0.1) is 0 Å². The van der Waals surface area contributed by atoms with Crippen molar-refractivity contribution < 1.29 is 4.74 Å². The van der Waals surface area contributed by atoms with Crippen molar-refractivity contribution in [1.82, 2.24) is 0 Å². The molecule has 1 nitrogen and oxygen atoms in total. The SMILES string of the molecule is COC(I)(c1ccccc1)C(C)C. The highest BCUT2D eigenvalue weighted by molar-refractivity contribution is 14.1. The van der Waals surface area contributed by atoms with Gasteiger partial charge in [0.25, 0.3) is 0 Å². The van der Waals surface area contributed by atoms with E-state index in [1.807, 2.05) is 18.2 Å². The molecular weight excluding hydrogens is 275 g/mol. The second-order valence-corrected chi connectivity index (χ2v) is 4.97. The molecule has 13 heavy (non-hydrogen) atoms. The van der Waals surface area contributed by atoms with E-state index < -0.39 is 0 Å². The first kappa shape index (κ1) is 11.0. The Bertz CT molecular complexity index is 258. The molecule has 0 N–H and O–H groups in total. The molecule has 2 heteroatoms. The fourth-order valence-corrected chi connectivity index (χ4v) is 1.71. The van der Waals surface area contributed by atoms with E-state index in [2.05, 4.69) is 48.6 Å². The van der Waals surface area contributed by atoms with Gasteiger partial charge in [0, 0.05) is 7.11 Å². The Labute approximate surface area is 93.6 Å². The van der Waals surface area contributed by atoms with Gasteiger partial charge in [-0.15, -0.1) is 0 Å². The van der Waals surface area contributed by atoms with Crippen LogP contribution in [0.25, 0.3) is 0 Å². The molecule has 0 aliphatic rings. The molecule has 0 bridgehead atoms. The number of hydrogen-bond donors (Lipinski definition) is 0. The van der Waals surface area contributed by atoms with Crippen molar-refractivity contribution in [3.8, 4) is 0 Å². The van der Waals surface area contributed by atoms with E-state index in [9.17, 15) is 0 Å². The van der Waals surface area contributed by atoms with Gasteiger partial charge in [-0.05, 0) is 34.1 Å². The summed E-state index contributed by atoms with van der Waals surface area (Å²) in [4.78, 5) is 0. The van der Waals surface area contributed by atoms with Gasteiger partial charge < -0.3 is 4.74 Å². The minimum atomic E-state index is -0.195. The maximum Gasteiger partial charge on any atom is 0.146 e. The number of halogens is 1. The Morgan fingerprint density at radius 1 is 1.23 bits per heavy atom. The van der Waals surface area contributed by atoms with E-state index in [4.69, 9.17) is 4.74 Å². The van der Waals surface area contributed by atoms with Crippen LogP contribution in [-0.2, 0) is 8.34 Å². The van der Waals surface area contributed by atoms with Crippen LogP contribution in [0.5, 0.6) is 0 Å². The lowest BCUT2D eigenvalue weighted by molar-refractivity contribution is 0.0466. The molecule has 0 fully saturated rings. The minimum absolute atomic E-state index is 0.195. The Balaban J connectivity index is 3.03. The number of alkyl halides is 1. The first-order valence-corrected chi connectivity index (χ1v) is 5.48. The Hall–Kier alpha value is -0.0900. The number of ether oxygens (including phenoxy) is 1. The molecule has 0 aliphatic carbocycles. The zero-order valence-corrected chi connectivity index (χ0v) is 10.4. The Morgan fingerprint density at radius 2 is 1.77 bits per heavy atom. The molecule has 1 atom stereocenters. The van der Waals surface area contributed by atoms with Crippen LogP contribution >= 0.6 is 22.6 Å². The summed E-state index contributed by atoms with van der Waals surface area (Å²) in [7, 11) is 1.76. The van der Waals surface area contributed by atoms with Crippen LogP contribution in [-0.4, -0.2) is 7.11 Å². The highest BCUT2D eigenvalue weighted by Gasteiger charge is 2.31. The van der Waals surface area contributed by atoms with Crippen molar-refractivity contribution in [1.29, 1.82) is 0 Å². The average molecular weight is 290 g/mol. The summed E-state index contributed by atoms with van der Waals surface area (Å²) < 4.78 is 5.38. The summed E-state index contributed by atoms with van der Waals surface area (Å²) in [6.07, 6.45) is 0. The van der Waals surface area contributed by atoms with E-state index in [0.717, 1.165) is 0 Å². The summed E-state index contributed by atoms with van der Waals surface area (Å²) >= 11 is 2.37. The molecule has 0 saturated carbocycles. The molecule has 1 unspecified atom stereocenters. The topological polar surface area (TPSA) is 9.23 Å². The molecule has 1 rings (SSSR count). The van der Waals surface area contributed by atoms with Crippen LogP contribution in [0.2, 0.25) is 0 Å². The molecule has 0 aliphatic heterocycles. The Kier molecular flexibility index (Phi) is 3.74. The third kappa shape index (κ3) is 2.23. The third-order valence-corrected chi connectivity index (χ3v) is 4.52. The molecular formula is C11H15IO. The summed E-state index contributed by atoms with van der Waals surface area (Å²) in [5, 5.41) is 0. The lowest BCUT2D eigenvalue weighted by Gasteiger charge is -2.30. The highest BCUT2D eigenvalue weighted by atomic mass is 127. The first-order chi connectivity index (χ1) is 6.11. The molecule has 1 aromatic rings. The van der Waals surface area contributed by atoms with E-state index in [-0.39, 0.29) is 3.61 Å². The fourth-order valence-electron chi connectivity index (χ4n) is 1.35. The van der Waals surface area contributed by atoms with Gasteiger partial charge in [-0.2, -0.15) is 0 Å². The second-order valence-electron chi connectivity index (χ2n) is 3.37. The van der Waals surface area contributed by atoms with Crippen molar-refractivity contribution in [2.75, 3.05) is 7.11 Å². The molecule has 0 heterocycles. The summed E-state index contributed by atoms with van der Waals surface area (Å²) in [5.41, 5.74) is 1.23. The Morgan fingerprint density at radius 3 is 2.15 bits per heavy atom. The maximum absolute atomic E-state index is 5.57. The predicted octanol–water partition coefficient (Wildman–Crippen LogP) is 3.58. The maximum atomic E-state index is 5.57. The van der Waals surface area contributed by atoms with Crippen molar-refractivity contribution >= 4 is 22.6 Å². The van der Waals surface area contributed by atoms with Crippen LogP contribution in [0.15, 0.2) is 30.3 Å². The van der Waals surface area contributed by atoms with Crippen molar-refractivity contribution in [3.63, 3.8) is 0 Å². The van der Waals surface area contributed by atoms with Gasteiger partial charge >= 0.3 is 0 Å². The zero-order valence-electron chi connectivity index (χ0n) is 8.25. The molecule has 0 radical (unpaired) electrons. The summed E-state index contributed by atoms with van der Waals surface area (Å²) in [6.45, 7) is 4.34. The largest absolute Gasteiger partial charge is 0.363 e. The molecule has 72 valence electrons. The predicted molar refractivity (Wildman–Crippen MR) is 64.0 cm³/mol. The normalized spacial score (nSPS) is 15.8. The standard InChI is InChI=1S/C11H15IO/c1-9(2)11(12,13-3)10-7-5-4-6-8-10/h4-9H,1-3H3. The van der Waals surface area contributed by atoms with E-state index in [1.54, 1.807) is 7.11 Å². The van der Waals surface area contributed by atoms with E-state index in [0.29, 0.717) is 5.92 Å². The quantitative estimate of drug-likeness (QED) is 0.611. The lowest BCUT2D eigenvalue weighted by Crippen LogP contribution is -2.26. The van der Waals surface area contributed by atoms with Crippen molar-refractivity contribution in [2.45, 2.75) is 17.5 Å². The molecule has 0 saturated heterocycles. The molecule has 0 aromatic heterocycles. The van der Waals surface area contributed by atoms with Crippen LogP contribution in [0.1, 0.15) is 19.4 Å². The van der Waals surface area contributed by atoms with Gasteiger partial charge in [-0.3, -0.25) is 0 Å². The first-order valence-electron chi connectivity index (χ1n) is 4.41. The molecule has 0 amide bonds. The van der Waals surface area contributed by atoms with Gasteiger partial charge in [-0.1, -0.05) is 44.2 Å². The smallest absolute Gasteiger partial charge is 0.146 e. The summed E-state index contributed by atoms with van der Waals surface area (Å²) in [5.74, 6) is 0.459. The number of methoxy groups -OCH3 is 1. The van der Waals surface area contributed by atoms with Gasteiger partial charge in [0.1, 0.15) is 3.61 Å². The fraction of sp³-hybridized carbons (Fsp3) is 0.455. The number of benzene rings is 1. The third-order valence-electron chi connectivity index (χ3n) is 2.21. The monoisotopic (exact) mass is 290 g/mol. The minimum Gasteiger partial charge on any atom is -0.363 e. The highest BCUT2D eigenvalue weighted by Crippen LogP contribution is 2.39. The van der Waals surface area contributed by atoms with E-state index in [1.165, 1.54) is 5.56 Å². The van der Waals surface area contributed by atoms with Gasteiger partial charge in [0.2, 0.25) is 0 Å². The van der Waals surface area contributed by atoms with Crippen LogP contribution < -0.4 is 0 Å². The summed E-state index contributed by atoms with van der Waals surface area (Å²) in [6, 6.07) is 10.3.